The van der Waals surface area contributed by atoms with E-state index in [2.05, 4.69) is 14.9 Å². The maximum Gasteiger partial charge on any atom is 0.206 e. The summed E-state index contributed by atoms with van der Waals surface area (Å²) in [7, 11) is -3.62. The second-order valence-electron chi connectivity index (χ2n) is 7.81. The first-order valence-corrected chi connectivity index (χ1v) is 11.8. The number of sulfone groups is 1. The first kappa shape index (κ1) is 20.8. The molecule has 0 bridgehead atoms. The van der Waals surface area contributed by atoms with Gasteiger partial charge >= 0.3 is 0 Å². The summed E-state index contributed by atoms with van der Waals surface area (Å²) < 4.78 is 26.9. The van der Waals surface area contributed by atoms with Gasteiger partial charge < -0.3 is 4.90 Å². The van der Waals surface area contributed by atoms with Crippen molar-refractivity contribution in [3.8, 4) is 0 Å². The molecule has 0 amide bonds. The van der Waals surface area contributed by atoms with E-state index < -0.39 is 15.9 Å². The van der Waals surface area contributed by atoms with E-state index in [9.17, 15) is 8.42 Å². The Balaban J connectivity index is 1.99. The number of benzene rings is 1. The Kier molecular flexibility index (Phi) is 7.05. The van der Waals surface area contributed by atoms with Gasteiger partial charge in [0.1, 0.15) is 6.67 Å². The lowest BCUT2D eigenvalue weighted by atomic mass is 9.96. The van der Waals surface area contributed by atoms with Crippen LogP contribution in [0.25, 0.3) is 0 Å². The molecule has 0 N–H and O–H groups in total. The van der Waals surface area contributed by atoms with E-state index in [-0.39, 0.29) is 0 Å². The van der Waals surface area contributed by atoms with E-state index in [0.717, 1.165) is 18.4 Å². The molecule has 1 saturated carbocycles. The molecule has 1 atom stereocenters. The third kappa shape index (κ3) is 5.10. The summed E-state index contributed by atoms with van der Waals surface area (Å²) in [4.78, 5) is 11.7. The quantitative estimate of drug-likeness (QED) is 0.748. The average Bonchev–Trinajstić information content (AvgIpc) is 2.73. The van der Waals surface area contributed by atoms with E-state index in [4.69, 9.17) is 0 Å². The van der Waals surface area contributed by atoms with Gasteiger partial charge in [0.25, 0.3) is 0 Å². The van der Waals surface area contributed by atoms with E-state index in [0.29, 0.717) is 22.5 Å². The maximum absolute atomic E-state index is 13.4. The molecule has 2 aliphatic rings. The van der Waals surface area contributed by atoms with Gasteiger partial charge in [-0.05, 0) is 38.8 Å². The fourth-order valence-electron chi connectivity index (χ4n) is 3.88. The summed E-state index contributed by atoms with van der Waals surface area (Å²) in [5, 5.41) is 0. The number of aliphatic imine (C=N–C) groups is 2. The molecule has 1 fully saturated rings. The summed E-state index contributed by atoms with van der Waals surface area (Å²) in [6.07, 6.45) is 13.5. The fraction of sp³-hybridized carbons (Fsp3) is 0.545. The number of aryl methyl sites for hydroxylation is 1. The Morgan fingerprint density at radius 3 is 2.29 bits per heavy atom. The molecule has 1 aromatic rings. The topological polar surface area (TPSA) is 62.1 Å². The summed E-state index contributed by atoms with van der Waals surface area (Å²) in [5.41, 5.74) is 1.04. The zero-order valence-corrected chi connectivity index (χ0v) is 17.7. The third-order valence-corrected chi connectivity index (χ3v) is 7.58. The van der Waals surface area contributed by atoms with Gasteiger partial charge in [-0.1, -0.05) is 49.8 Å². The van der Waals surface area contributed by atoms with Crippen LogP contribution in [-0.4, -0.2) is 44.5 Å². The lowest BCUT2D eigenvalue weighted by molar-refractivity contribution is 0.235. The van der Waals surface area contributed by atoms with Crippen molar-refractivity contribution in [2.75, 3.05) is 6.67 Å². The maximum atomic E-state index is 13.4. The molecule has 1 aliphatic carbocycles. The van der Waals surface area contributed by atoms with Gasteiger partial charge in [-0.25, -0.2) is 8.42 Å². The number of hydrogen-bond donors (Lipinski definition) is 0. The number of rotatable bonds is 3. The molecule has 3 rings (SSSR count). The van der Waals surface area contributed by atoms with Crippen LogP contribution in [0.15, 0.2) is 50.3 Å². The van der Waals surface area contributed by atoms with Crippen LogP contribution in [-0.2, 0) is 9.84 Å². The summed E-state index contributed by atoms with van der Waals surface area (Å²) in [6.45, 7) is 4.26. The Labute approximate surface area is 169 Å². The van der Waals surface area contributed by atoms with Gasteiger partial charge in [0.2, 0.25) is 9.84 Å². The number of hydrogen-bond acceptors (Lipinski definition) is 5. The zero-order valence-electron chi connectivity index (χ0n) is 16.9. The second-order valence-corrected chi connectivity index (χ2v) is 9.76. The normalized spacial score (nSPS) is 25.6. The first-order valence-electron chi connectivity index (χ1n) is 10.3. The fourth-order valence-corrected chi connectivity index (χ4v) is 5.43. The predicted octanol–water partition coefficient (Wildman–Crippen LogP) is 4.53. The van der Waals surface area contributed by atoms with Gasteiger partial charge in [-0.2, -0.15) is 0 Å². The number of nitrogens with zero attached hydrogens (tertiary/aromatic N) is 3. The van der Waals surface area contributed by atoms with Crippen LogP contribution in [0.3, 0.4) is 0 Å². The lowest BCUT2D eigenvalue weighted by Crippen LogP contribution is -2.33. The van der Waals surface area contributed by atoms with E-state index in [1.165, 1.54) is 32.1 Å². The highest BCUT2D eigenvalue weighted by molar-refractivity contribution is 7.95. The van der Waals surface area contributed by atoms with Crippen LogP contribution in [0.5, 0.6) is 0 Å². The van der Waals surface area contributed by atoms with Crippen molar-refractivity contribution >= 4 is 22.3 Å². The van der Waals surface area contributed by atoms with Crippen molar-refractivity contribution in [3.63, 3.8) is 0 Å². The molecule has 1 heterocycles. The molecule has 6 heteroatoms. The van der Waals surface area contributed by atoms with Crippen LogP contribution in [0, 0.1) is 6.92 Å². The van der Waals surface area contributed by atoms with Crippen molar-refractivity contribution in [1.29, 1.82) is 0 Å². The van der Waals surface area contributed by atoms with Crippen LogP contribution in [0.1, 0.15) is 57.4 Å². The van der Waals surface area contributed by atoms with Crippen molar-refractivity contribution in [1.82, 2.24) is 4.90 Å². The van der Waals surface area contributed by atoms with E-state index >= 15 is 0 Å². The third-order valence-electron chi connectivity index (χ3n) is 5.62. The van der Waals surface area contributed by atoms with Crippen molar-refractivity contribution in [2.24, 2.45) is 9.98 Å². The minimum atomic E-state index is -3.62. The molecule has 1 aromatic carbocycles. The molecule has 1 unspecified atom stereocenters. The van der Waals surface area contributed by atoms with Crippen LogP contribution in [0.4, 0.5) is 0 Å². The minimum Gasteiger partial charge on any atom is -0.354 e. The molecular weight excluding hydrogens is 370 g/mol. The highest BCUT2D eigenvalue weighted by Gasteiger charge is 2.28. The molecule has 0 radical (unpaired) electrons. The van der Waals surface area contributed by atoms with Crippen LogP contribution < -0.4 is 0 Å². The SMILES string of the molecule is Cc1ccc(S(=O)(=O)/C2=C/N(C3CCCCCCC3)C/N=C\C=NC2C)cc1. The predicted molar refractivity (Wildman–Crippen MR) is 116 cm³/mol. The largest absolute Gasteiger partial charge is 0.354 e. The highest BCUT2D eigenvalue weighted by atomic mass is 32.2. The Bertz CT molecular complexity index is 833. The van der Waals surface area contributed by atoms with Gasteiger partial charge in [-0.3, -0.25) is 9.98 Å². The molecule has 5 nitrogen and oxygen atoms in total. The first-order chi connectivity index (χ1) is 13.5. The second kappa shape index (κ2) is 9.50. The molecule has 152 valence electrons. The standard InChI is InChI=1S/C22H31N3O2S/c1-18-10-12-21(13-11-18)28(26,27)22-16-25(17-23-14-15-24-19(22)2)20-8-6-4-3-5-7-9-20/h10-16,19-20H,3-9,17H2,1-2H3/b22-16+,23-14-,24-15?. The van der Waals surface area contributed by atoms with Crippen LogP contribution in [0.2, 0.25) is 0 Å². The van der Waals surface area contributed by atoms with E-state index in [1.807, 2.05) is 32.2 Å². The molecule has 0 spiro atoms. The van der Waals surface area contributed by atoms with Gasteiger partial charge in [0.05, 0.1) is 15.8 Å². The monoisotopic (exact) mass is 401 g/mol. The Morgan fingerprint density at radius 1 is 0.964 bits per heavy atom. The smallest absolute Gasteiger partial charge is 0.206 e. The van der Waals surface area contributed by atoms with Gasteiger partial charge in [0, 0.05) is 24.7 Å². The molecule has 0 aromatic heterocycles. The van der Waals surface area contributed by atoms with Crippen molar-refractivity contribution < 1.29 is 8.42 Å². The van der Waals surface area contributed by atoms with Crippen molar-refractivity contribution in [3.05, 3.63) is 40.9 Å². The van der Waals surface area contributed by atoms with Crippen LogP contribution >= 0.6 is 0 Å². The average molecular weight is 402 g/mol. The van der Waals surface area contributed by atoms with Crippen molar-refractivity contribution in [2.45, 2.75) is 75.8 Å². The summed E-state index contributed by atoms with van der Waals surface area (Å²) >= 11 is 0. The molecule has 28 heavy (non-hydrogen) atoms. The zero-order chi connectivity index (χ0) is 20.0. The molecule has 1 aliphatic heterocycles. The van der Waals surface area contributed by atoms with E-state index in [1.54, 1.807) is 24.6 Å². The van der Waals surface area contributed by atoms with Gasteiger partial charge in [0.15, 0.2) is 0 Å². The highest BCUT2D eigenvalue weighted by Crippen LogP contribution is 2.28. The summed E-state index contributed by atoms with van der Waals surface area (Å²) in [6, 6.07) is 6.92. The Morgan fingerprint density at radius 2 is 1.61 bits per heavy atom. The lowest BCUT2D eigenvalue weighted by Gasteiger charge is -2.32. The minimum absolute atomic E-state index is 0.323. The molecule has 0 saturated heterocycles. The Hall–Kier alpha value is -1.95. The van der Waals surface area contributed by atoms with Gasteiger partial charge in [-0.15, -0.1) is 0 Å². The molecular formula is C22H31N3O2S. The summed E-state index contributed by atoms with van der Waals surface area (Å²) in [5.74, 6) is 0.